The highest BCUT2D eigenvalue weighted by molar-refractivity contribution is 7.26. The highest BCUT2D eigenvalue weighted by Crippen LogP contribution is 2.47. The smallest absolute Gasteiger partial charge is 0.144 e. The highest BCUT2D eigenvalue weighted by atomic mass is 32.1. The van der Waals surface area contributed by atoms with E-state index in [2.05, 4.69) is 156 Å². The van der Waals surface area contributed by atoms with Crippen molar-refractivity contribution in [2.75, 3.05) is 0 Å². The van der Waals surface area contributed by atoms with Crippen molar-refractivity contribution in [3.63, 3.8) is 0 Å². The summed E-state index contributed by atoms with van der Waals surface area (Å²) in [6.45, 7) is 0. The van der Waals surface area contributed by atoms with Crippen LogP contribution >= 0.6 is 11.3 Å². The predicted molar refractivity (Wildman–Crippen MR) is 192 cm³/mol. The zero-order chi connectivity index (χ0) is 29.5. The summed E-state index contributed by atoms with van der Waals surface area (Å²) >= 11 is 1.85. The van der Waals surface area contributed by atoms with E-state index in [0.29, 0.717) is 0 Å². The first-order chi connectivity index (χ1) is 22.3. The lowest BCUT2D eigenvalue weighted by Crippen LogP contribution is -1.93. The van der Waals surface area contributed by atoms with Crippen LogP contribution in [0, 0.1) is 0 Å². The molecule has 0 bridgehead atoms. The van der Waals surface area contributed by atoms with Crippen LogP contribution in [0.15, 0.2) is 156 Å². The van der Waals surface area contributed by atoms with E-state index in [0.717, 1.165) is 27.6 Å². The molecular weight excluding hydrogens is 567 g/mol. The van der Waals surface area contributed by atoms with Crippen LogP contribution in [0.2, 0.25) is 0 Å². The molecule has 3 heteroatoms. The summed E-state index contributed by atoms with van der Waals surface area (Å²) in [6, 6.07) is 54.7. The van der Waals surface area contributed by atoms with Crippen molar-refractivity contribution in [2.24, 2.45) is 0 Å². The number of hydrogen-bond donors (Lipinski definition) is 0. The summed E-state index contributed by atoms with van der Waals surface area (Å²) in [6.07, 6.45) is 0. The second-order valence-corrected chi connectivity index (χ2v) is 12.8. The van der Waals surface area contributed by atoms with E-state index in [-0.39, 0.29) is 0 Å². The summed E-state index contributed by atoms with van der Waals surface area (Å²) in [5, 5.41) is 7.26. The third kappa shape index (κ3) is 3.62. The molecule has 0 saturated carbocycles. The maximum Gasteiger partial charge on any atom is 0.144 e. The van der Waals surface area contributed by atoms with E-state index in [4.69, 9.17) is 4.42 Å². The van der Waals surface area contributed by atoms with Crippen molar-refractivity contribution in [2.45, 2.75) is 0 Å². The molecule has 0 aliphatic carbocycles. The maximum absolute atomic E-state index is 6.56. The first-order valence-electron chi connectivity index (χ1n) is 15.3. The van der Waals surface area contributed by atoms with Gasteiger partial charge in [-0.15, -0.1) is 11.3 Å². The number of thiophene rings is 1. The molecule has 0 aliphatic heterocycles. The molecule has 0 saturated heterocycles. The Morgan fingerprint density at radius 1 is 0.467 bits per heavy atom. The molecule has 0 spiro atoms. The summed E-state index contributed by atoms with van der Waals surface area (Å²) in [5.41, 5.74) is 10.4. The fraction of sp³-hybridized carbons (Fsp3) is 0. The molecule has 0 atom stereocenters. The van der Waals surface area contributed by atoms with Crippen molar-refractivity contribution in [3.8, 4) is 27.9 Å². The maximum atomic E-state index is 6.56. The lowest BCUT2D eigenvalue weighted by Gasteiger charge is -2.09. The number of benzene rings is 7. The van der Waals surface area contributed by atoms with E-state index in [1.54, 1.807) is 0 Å². The summed E-state index contributed by atoms with van der Waals surface area (Å²) in [5.74, 6) is 0. The number of nitrogens with zero attached hydrogens (tertiary/aromatic N) is 1. The minimum Gasteiger partial charge on any atom is -0.455 e. The van der Waals surface area contributed by atoms with Gasteiger partial charge in [-0.3, -0.25) is 0 Å². The first-order valence-corrected chi connectivity index (χ1v) is 16.1. The Balaban J connectivity index is 1.31. The van der Waals surface area contributed by atoms with Gasteiger partial charge in [0, 0.05) is 53.0 Å². The zero-order valence-electron chi connectivity index (χ0n) is 24.2. The molecule has 0 aliphatic rings. The van der Waals surface area contributed by atoms with Gasteiger partial charge in [0.1, 0.15) is 11.2 Å². The number of hydrogen-bond acceptors (Lipinski definition) is 2. The number of fused-ring (bicyclic) bond motifs is 10. The third-order valence-corrected chi connectivity index (χ3v) is 10.4. The molecule has 0 amide bonds. The molecule has 7 aromatic carbocycles. The van der Waals surface area contributed by atoms with Gasteiger partial charge in [0.15, 0.2) is 0 Å². The lowest BCUT2D eigenvalue weighted by atomic mass is 9.97. The molecule has 0 unspecified atom stereocenters. The topological polar surface area (TPSA) is 18.1 Å². The summed E-state index contributed by atoms with van der Waals surface area (Å²) < 4.78 is 11.5. The Hall–Kier alpha value is -5.64. The van der Waals surface area contributed by atoms with Gasteiger partial charge in [-0.25, -0.2) is 0 Å². The second kappa shape index (κ2) is 9.43. The minimum absolute atomic E-state index is 0.927. The van der Waals surface area contributed by atoms with Crippen LogP contribution in [-0.2, 0) is 0 Å². The molecule has 3 heterocycles. The molecule has 10 rings (SSSR count). The third-order valence-electron chi connectivity index (χ3n) is 9.19. The molecule has 0 fully saturated rings. The Kier molecular flexibility index (Phi) is 5.19. The van der Waals surface area contributed by atoms with Crippen LogP contribution in [0.5, 0.6) is 0 Å². The molecule has 0 radical (unpaired) electrons. The average molecular weight is 592 g/mol. The molecule has 210 valence electrons. The van der Waals surface area contributed by atoms with E-state index >= 15 is 0 Å². The monoisotopic (exact) mass is 591 g/mol. The summed E-state index contributed by atoms with van der Waals surface area (Å²) in [4.78, 5) is 0. The Morgan fingerprint density at radius 3 is 1.91 bits per heavy atom. The van der Waals surface area contributed by atoms with Crippen molar-refractivity contribution in [1.29, 1.82) is 0 Å². The number of furan rings is 1. The fourth-order valence-electron chi connectivity index (χ4n) is 7.14. The highest BCUT2D eigenvalue weighted by Gasteiger charge is 2.20. The van der Waals surface area contributed by atoms with Crippen LogP contribution in [0.4, 0.5) is 0 Å². The van der Waals surface area contributed by atoms with Crippen LogP contribution in [0.25, 0.3) is 91.9 Å². The largest absolute Gasteiger partial charge is 0.455 e. The molecular formula is C42H25NOS. The quantitative estimate of drug-likeness (QED) is 0.200. The first kappa shape index (κ1) is 24.8. The number of rotatable bonds is 3. The Bertz CT molecular complexity index is 2750. The van der Waals surface area contributed by atoms with Gasteiger partial charge >= 0.3 is 0 Å². The minimum atomic E-state index is 0.927. The average Bonchev–Trinajstić information content (AvgIpc) is 3.78. The normalized spacial score (nSPS) is 12.0. The van der Waals surface area contributed by atoms with Gasteiger partial charge < -0.3 is 8.98 Å². The van der Waals surface area contributed by atoms with E-state index in [1.807, 2.05) is 11.3 Å². The van der Waals surface area contributed by atoms with E-state index in [9.17, 15) is 0 Å². The summed E-state index contributed by atoms with van der Waals surface area (Å²) in [7, 11) is 0. The van der Waals surface area contributed by atoms with E-state index < -0.39 is 0 Å². The second-order valence-electron chi connectivity index (χ2n) is 11.7. The van der Waals surface area contributed by atoms with Gasteiger partial charge in [-0.2, -0.15) is 0 Å². The standard InChI is InChI=1S/C42H25NOS/c1-3-11-26(12-4-1)27-19-21-36-33(23-27)34-24-28(20-22-37(34)43(36)29-13-5-2-6-14-29)32-25-35-30-15-7-9-17-38(30)44-41(35)40-31-16-8-10-18-39(31)45-42(32)40/h1-25H. The molecule has 10 aromatic rings. The number of aromatic nitrogens is 1. The van der Waals surface area contributed by atoms with Crippen molar-refractivity contribution < 1.29 is 4.42 Å². The Morgan fingerprint density at radius 2 is 1.11 bits per heavy atom. The van der Waals surface area contributed by atoms with Crippen LogP contribution in [0.3, 0.4) is 0 Å². The van der Waals surface area contributed by atoms with Crippen molar-refractivity contribution >= 4 is 75.3 Å². The fourth-order valence-corrected chi connectivity index (χ4v) is 8.37. The SMILES string of the molecule is c1ccc(-c2ccc3c(c2)c2cc(-c4cc5c6ccccc6oc5c5c4sc4ccccc45)ccc2n3-c2ccccc2)cc1. The molecule has 2 nitrogen and oxygen atoms in total. The van der Waals surface area contributed by atoms with Gasteiger partial charge in [-0.1, -0.05) is 97.1 Å². The van der Waals surface area contributed by atoms with Crippen molar-refractivity contribution in [3.05, 3.63) is 152 Å². The van der Waals surface area contributed by atoms with Crippen LogP contribution in [-0.4, -0.2) is 4.57 Å². The zero-order valence-corrected chi connectivity index (χ0v) is 25.0. The lowest BCUT2D eigenvalue weighted by molar-refractivity contribution is 0.673. The van der Waals surface area contributed by atoms with Gasteiger partial charge in [0.2, 0.25) is 0 Å². The van der Waals surface area contributed by atoms with Gasteiger partial charge in [0.25, 0.3) is 0 Å². The molecule has 45 heavy (non-hydrogen) atoms. The van der Waals surface area contributed by atoms with Crippen LogP contribution < -0.4 is 0 Å². The number of para-hydroxylation sites is 2. The molecule has 3 aromatic heterocycles. The Labute approximate surface area is 263 Å². The molecule has 0 N–H and O–H groups in total. The van der Waals surface area contributed by atoms with Gasteiger partial charge in [-0.05, 0) is 71.3 Å². The van der Waals surface area contributed by atoms with Gasteiger partial charge in [0.05, 0.1) is 11.0 Å². The van der Waals surface area contributed by atoms with E-state index in [1.165, 1.54) is 64.2 Å². The predicted octanol–water partition coefficient (Wildman–Crippen LogP) is 12.4. The van der Waals surface area contributed by atoms with Crippen LogP contribution in [0.1, 0.15) is 0 Å². The van der Waals surface area contributed by atoms with Crippen molar-refractivity contribution in [1.82, 2.24) is 4.57 Å².